The van der Waals surface area contributed by atoms with Gasteiger partial charge in [0.05, 0.1) is 6.07 Å². The van der Waals surface area contributed by atoms with Gasteiger partial charge in [0.25, 0.3) is 5.91 Å². The van der Waals surface area contributed by atoms with Gasteiger partial charge >= 0.3 is 0 Å². The van der Waals surface area contributed by atoms with E-state index in [1.807, 2.05) is 13.0 Å². The van der Waals surface area contributed by atoms with E-state index in [0.29, 0.717) is 12.3 Å². The number of carbonyl (C=O) groups is 1. The van der Waals surface area contributed by atoms with Crippen molar-refractivity contribution in [2.45, 2.75) is 32.2 Å². The molecule has 2 heterocycles. The van der Waals surface area contributed by atoms with E-state index < -0.39 is 0 Å². The standard InChI is InChI=1S/C12H14N2O2/c1-2-10-5-6-11(16-10)12(15)14-7-3-4-9(14)8-13/h5-6,9H,2-4,7H2,1H3. The van der Waals surface area contributed by atoms with Crippen LogP contribution >= 0.6 is 0 Å². The van der Waals surface area contributed by atoms with E-state index in [0.717, 1.165) is 25.0 Å². The number of hydrogen-bond acceptors (Lipinski definition) is 3. The monoisotopic (exact) mass is 218 g/mol. The average molecular weight is 218 g/mol. The number of likely N-dealkylation sites (tertiary alicyclic amines) is 1. The van der Waals surface area contributed by atoms with Crippen LogP contribution < -0.4 is 0 Å². The summed E-state index contributed by atoms with van der Waals surface area (Å²) >= 11 is 0. The van der Waals surface area contributed by atoms with Crippen LogP contribution in [-0.2, 0) is 6.42 Å². The fraction of sp³-hybridized carbons (Fsp3) is 0.500. The molecule has 0 aliphatic carbocycles. The van der Waals surface area contributed by atoms with Crippen LogP contribution in [-0.4, -0.2) is 23.4 Å². The van der Waals surface area contributed by atoms with E-state index in [-0.39, 0.29) is 11.9 Å². The number of carbonyl (C=O) groups excluding carboxylic acids is 1. The second kappa shape index (κ2) is 4.40. The molecule has 1 unspecified atom stereocenters. The Bertz CT molecular complexity index is 430. The molecule has 1 aromatic rings. The fourth-order valence-corrected chi connectivity index (χ4v) is 1.97. The first-order valence-corrected chi connectivity index (χ1v) is 5.55. The zero-order valence-electron chi connectivity index (χ0n) is 9.27. The Morgan fingerprint density at radius 3 is 3.12 bits per heavy atom. The van der Waals surface area contributed by atoms with Gasteiger partial charge in [-0.25, -0.2) is 0 Å². The van der Waals surface area contributed by atoms with Crippen molar-refractivity contribution in [1.82, 2.24) is 4.90 Å². The van der Waals surface area contributed by atoms with Gasteiger partial charge in [-0.2, -0.15) is 5.26 Å². The molecule has 1 atom stereocenters. The molecule has 1 amide bonds. The van der Waals surface area contributed by atoms with Crippen LogP contribution in [0.4, 0.5) is 0 Å². The number of nitriles is 1. The third-order valence-corrected chi connectivity index (χ3v) is 2.88. The van der Waals surface area contributed by atoms with Gasteiger partial charge in [-0.3, -0.25) is 4.79 Å². The maximum absolute atomic E-state index is 12.0. The van der Waals surface area contributed by atoms with Crippen LogP contribution in [0.3, 0.4) is 0 Å². The lowest BCUT2D eigenvalue weighted by Gasteiger charge is -2.17. The van der Waals surface area contributed by atoms with Crippen LogP contribution in [0.5, 0.6) is 0 Å². The zero-order chi connectivity index (χ0) is 11.5. The highest BCUT2D eigenvalue weighted by Crippen LogP contribution is 2.20. The summed E-state index contributed by atoms with van der Waals surface area (Å²) in [7, 11) is 0. The van der Waals surface area contributed by atoms with E-state index in [1.54, 1.807) is 11.0 Å². The predicted molar refractivity (Wildman–Crippen MR) is 57.8 cm³/mol. The van der Waals surface area contributed by atoms with Crippen molar-refractivity contribution >= 4 is 5.91 Å². The van der Waals surface area contributed by atoms with Crippen LogP contribution in [0.2, 0.25) is 0 Å². The molecule has 0 spiro atoms. The first-order chi connectivity index (χ1) is 7.76. The maximum Gasteiger partial charge on any atom is 0.290 e. The molecule has 0 radical (unpaired) electrons. The normalized spacial score (nSPS) is 19.8. The van der Waals surface area contributed by atoms with Crippen molar-refractivity contribution in [3.63, 3.8) is 0 Å². The second-order valence-corrected chi connectivity index (χ2v) is 3.91. The summed E-state index contributed by atoms with van der Waals surface area (Å²) in [4.78, 5) is 13.6. The first-order valence-electron chi connectivity index (χ1n) is 5.55. The summed E-state index contributed by atoms with van der Waals surface area (Å²) in [6.07, 6.45) is 2.43. The van der Waals surface area contributed by atoms with Gasteiger partial charge < -0.3 is 9.32 Å². The van der Waals surface area contributed by atoms with Crippen LogP contribution in [0.25, 0.3) is 0 Å². The van der Waals surface area contributed by atoms with Crippen molar-refractivity contribution in [3.8, 4) is 6.07 Å². The van der Waals surface area contributed by atoms with Gasteiger partial charge in [-0.15, -0.1) is 0 Å². The Morgan fingerprint density at radius 1 is 1.69 bits per heavy atom. The SMILES string of the molecule is CCc1ccc(C(=O)N2CCCC2C#N)o1. The highest BCUT2D eigenvalue weighted by molar-refractivity contribution is 5.92. The third-order valence-electron chi connectivity index (χ3n) is 2.88. The molecule has 1 fully saturated rings. The van der Waals surface area contributed by atoms with Gasteiger partial charge in [-0.1, -0.05) is 6.92 Å². The minimum Gasteiger partial charge on any atom is -0.456 e. The summed E-state index contributed by atoms with van der Waals surface area (Å²) in [6.45, 7) is 2.63. The number of nitrogens with zero attached hydrogens (tertiary/aromatic N) is 2. The van der Waals surface area contributed by atoms with Crippen molar-refractivity contribution in [2.75, 3.05) is 6.54 Å². The lowest BCUT2D eigenvalue weighted by molar-refractivity contribution is 0.0731. The predicted octanol–water partition coefficient (Wildman–Crippen LogP) is 1.97. The molecule has 0 saturated carbocycles. The third kappa shape index (κ3) is 1.81. The summed E-state index contributed by atoms with van der Waals surface area (Å²) in [5.41, 5.74) is 0. The number of rotatable bonds is 2. The number of hydrogen-bond donors (Lipinski definition) is 0. The Kier molecular flexibility index (Phi) is 2.95. The smallest absolute Gasteiger partial charge is 0.290 e. The molecule has 4 heteroatoms. The molecular formula is C12H14N2O2. The van der Waals surface area contributed by atoms with Crippen LogP contribution in [0, 0.1) is 11.3 Å². The fourth-order valence-electron chi connectivity index (χ4n) is 1.97. The summed E-state index contributed by atoms with van der Waals surface area (Å²) in [5.74, 6) is 0.985. The van der Waals surface area contributed by atoms with Crippen LogP contribution in [0.1, 0.15) is 36.1 Å². The molecule has 1 saturated heterocycles. The lowest BCUT2D eigenvalue weighted by Crippen LogP contribution is -2.34. The lowest BCUT2D eigenvalue weighted by atomic mass is 10.2. The van der Waals surface area contributed by atoms with E-state index in [1.165, 1.54) is 0 Å². The Hall–Kier alpha value is -1.76. The average Bonchev–Trinajstić information content (AvgIpc) is 2.96. The highest BCUT2D eigenvalue weighted by Gasteiger charge is 2.30. The summed E-state index contributed by atoms with van der Waals surface area (Å²) in [5, 5.41) is 8.91. The maximum atomic E-state index is 12.0. The Morgan fingerprint density at radius 2 is 2.50 bits per heavy atom. The minimum absolute atomic E-state index is 0.163. The summed E-state index contributed by atoms with van der Waals surface area (Å²) in [6, 6.07) is 5.36. The molecule has 0 N–H and O–H groups in total. The first kappa shape index (κ1) is 10.7. The number of furan rings is 1. The van der Waals surface area contributed by atoms with Gasteiger partial charge in [0.2, 0.25) is 0 Å². The highest BCUT2D eigenvalue weighted by atomic mass is 16.4. The van der Waals surface area contributed by atoms with E-state index in [4.69, 9.17) is 9.68 Å². The number of amides is 1. The van der Waals surface area contributed by atoms with Crippen molar-refractivity contribution < 1.29 is 9.21 Å². The molecule has 0 bridgehead atoms. The molecule has 1 aliphatic rings. The molecule has 84 valence electrons. The molecule has 1 aromatic heterocycles. The molecule has 16 heavy (non-hydrogen) atoms. The van der Waals surface area contributed by atoms with E-state index >= 15 is 0 Å². The largest absolute Gasteiger partial charge is 0.456 e. The molecule has 4 nitrogen and oxygen atoms in total. The van der Waals surface area contributed by atoms with Gasteiger partial charge in [0.1, 0.15) is 11.8 Å². The van der Waals surface area contributed by atoms with E-state index in [9.17, 15) is 4.79 Å². The van der Waals surface area contributed by atoms with Crippen molar-refractivity contribution in [3.05, 3.63) is 23.7 Å². The van der Waals surface area contributed by atoms with Crippen molar-refractivity contribution in [1.29, 1.82) is 5.26 Å². The van der Waals surface area contributed by atoms with E-state index in [2.05, 4.69) is 6.07 Å². The quantitative estimate of drug-likeness (QED) is 0.762. The summed E-state index contributed by atoms with van der Waals surface area (Å²) < 4.78 is 5.40. The van der Waals surface area contributed by atoms with Crippen molar-refractivity contribution in [2.24, 2.45) is 0 Å². The second-order valence-electron chi connectivity index (χ2n) is 3.91. The van der Waals surface area contributed by atoms with Gasteiger partial charge in [0.15, 0.2) is 5.76 Å². The van der Waals surface area contributed by atoms with Gasteiger partial charge in [0, 0.05) is 13.0 Å². The Labute approximate surface area is 94.5 Å². The topological polar surface area (TPSA) is 57.2 Å². The molecule has 1 aliphatic heterocycles. The number of aryl methyl sites for hydroxylation is 1. The molecule has 0 aromatic carbocycles. The molecule has 2 rings (SSSR count). The zero-order valence-corrected chi connectivity index (χ0v) is 9.27. The Balaban J connectivity index is 2.16. The van der Waals surface area contributed by atoms with Gasteiger partial charge in [-0.05, 0) is 25.0 Å². The molecular weight excluding hydrogens is 204 g/mol. The van der Waals surface area contributed by atoms with Crippen LogP contribution in [0.15, 0.2) is 16.5 Å². The minimum atomic E-state index is -0.289.